The first-order chi connectivity index (χ1) is 4.93. The summed E-state index contributed by atoms with van der Waals surface area (Å²) in [5.41, 5.74) is 0. The fourth-order valence-electron chi connectivity index (χ4n) is 0.545. The summed E-state index contributed by atoms with van der Waals surface area (Å²) in [5.74, 6) is 0.502. The molecule has 0 saturated heterocycles. The van der Waals surface area contributed by atoms with Gasteiger partial charge in [0.05, 0.1) is 0 Å². The summed E-state index contributed by atoms with van der Waals surface area (Å²) in [6.07, 6.45) is 0. The second-order valence-electron chi connectivity index (χ2n) is 1.57. The van der Waals surface area contributed by atoms with Gasteiger partial charge in [-0.05, 0) is 12.1 Å². The van der Waals surface area contributed by atoms with Gasteiger partial charge in [0, 0.05) is 5.28 Å². The highest BCUT2D eigenvalue weighted by Crippen LogP contribution is 2.07. The third-order valence-corrected chi connectivity index (χ3v) is 0.923. The van der Waals surface area contributed by atoms with E-state index in [2.05, 4.69) is 15.4 Å². The fourth-order valence-corrected chi connectivity index (χ4v) is 0.545. The lowest BCUT2D eigenvalue weighted by Gasteiger charge is -1.94. The molecule has 52 valence electrons. The van der Waals surface area contributed by atoms with Crippen molar-refractivity contribution < 1.29 is 4.84 Å². The molecule has 0 aromatic heterocycles. The van der Waals surface area contributed by atoms with Gasteiger partial charge in [-0.3, -0.25) is 0 Å². The first-order valence-corrected chi connectivity index (χ1v) is 2.68. The van der Waals surface area contributed by atoms with Crippen molar-refractivity contribution in [3.05, 3.63) is 35.5 Å². The Morgan fingerprint density at radius 1 is 1.20 bits per heavy atom. The number of benzene rings is 1. The van der Waals surface area contributed by atoms with Crippen LogP contribution in [0.1, 0.15) is 0 Å². The summed E-state index contributed by atoms with van der Waals surface area (Å²) < 4.78 is 0. The summed E-state index contributed by atoms with van der Waals surface area (Å²) in [5, 5.41) is 14.4. The number of hydrogen-bond acceptors (Lipinski definition) is 4. The highest BCUT2D eigenvalue weighted by molar-refractivity contribution is 5.20. The van der Waals surface area contributed by atoms with Crippen molar-refractivity contribution in [2.75, 3.05) is 0 Å². The second-order valence-corrected chi connectivity index (χ2v) is 1.57. The molecular formula is C6H5N2O2-. The molecule has 0 saturated carbocycles. The molecule has 0 bridgehead atoms. The summed E-state index contributed by atoms with van der Waals surface area (Å²) in [4.78, 5) is 4.50. The molecule has 1 aromatic carbocycles. The molecule has 0 aliphatic heterocycles. The Bertz CT molecular complexity index is 210. The minimum atomic E-state index is 0.502. The SMILES string of the molecule is [O-]/N=N/Oc1ccccc1. The van der Waals surface area contributed by atoms with Gasteiger partial charge in [0.25, 0.3) is 0 Å². The Morgan fingerprint density at radius 2 is 1.90 bits per heavy atom. The molecule has 0 heterocycles. The van der Waals surface area contributed by atoms with Gasteiger partial charge in [0.1, 0.15) is 0 Å². The maximum Gasteiger partial charge on any atom is 0.159 e. The minimum absolute atomic E-state index is 0.502. The molecule has 0 aliphatic rings. The Kier molecular flexibility index (Phi) is 2.25. The van der Waals surface area contributed by atoms with Crippen molar-refractivity contribution >= 4 is 0 Å². The van der Waals surface area contributed by atoms with E-state index in [1.807, 2.05) is 6.07 Å². The van der Waals surface area contributed by atoms with Gasteiger partial charge >= 0.3 is 0 Å². The van der Waals surface area contributed by atoms with Crippen molar-refractivity contribution in [1.29, 1.82) is 0 Å². The number of para-hydroxylation sites is 1. The number of rotatable bonds is 2. The summed E-state index contributed by atoms with van der Waals surface area (Å²) in [6, 6.07) is 8.73. The van der Waals surface area contributed by atoms with Crippen molar-refractivity contribution in [2.45, 2.75) is 0 Å². The first-order valence-electron chi connectivity index (χ1n) is 2.68. The van der Waals surface area contributed by atoms with Crippen LogP contribution in [0.15, 0.2) is 40.9 Å². The van der Waals surface area contributed by atoms with E-state index < -0.39 is 0 Å². The van der Waals surface area contributed by atoms with Crippen LogP contribution in [-0.4, -0.2) is 0 Å². The van der Waals surface area contributed by atoms with Crippen LogP contribution in [0.5, 0.6) is 5.75 Å². The van der Waals surface area contributed by atoms with Gasteiger partial charge in [-0.1, -0.05) is 18.2 Å². The maximum atomic E-state index is 9.44. The lowest BCUT2D eigenvalue weighted by molar-refractivity contribution is 0.312. The van der Waals surface area contributed by atoms with Gasteiger partial charge in [0.2, 0.25) is 0 Å². The van der Waals surface area contributed by atoms with Crippen molar-refractivity contribution in [1.82, 2.24) is 0 Å². The van der Waals surface area contributed by atoms with Crippen LogP contribution in [0.25, 0.3) is 0 Å². The Hall–Kier alpha value is -1.58. The van der Waals surface area contributed by atoms with Gasteiger partial charge in [0.15, 0.2) is 5.75 Å². The largest absolute Gasteiger partial charge is 0.773 e. The van der Waals surface area contributed by atoms with Crippen LogP contribution < -0.4 is 4.84 Å². The third kappa shape index (κ3) is 1.74. The number of nitrogens with zero attached hydrogens (tertiary/aromatic N) is 2. The van der Waals surface area contributed by atoms with Crippen LogP contribution in [0, 0.1) is 5.21 Å². The smallest absolute Gasteiger partial charge is 0.159 e. The minimum Gasteiger partial charge on any atom is -0.773 e. The standard InChI is InChI=1S/C6H6N2O2/c9-7-8-10-6-4-2-1-3-5-6/h1-5H,(H,8,9)/p-1. The molecule has 0 atom stereocenters. The predicted octanol–water partition coefficient (Wildman–Crippen LogP) is 1.93. The van der Waals surface area contributed by atoms with Gasteiger partial charge in [-0.25, -0.2) is 0 Å². The molecule has 4 nitrogen and oxygen atoms in total. The van der Waals surface area contributed by atoms with Gasteiger partial charge < -0.3 is 10.0 Å². The van der Waals surface area contributed by atoms with E-state index in [1.165, 1.54) is 0 Å². The average Bonchev–Trinajstić information content (AvgIpc) is 2.03. The highest BCUT2D eigenvalue weighted by atomic mass is 16.7. The van der Waals surface area contributed by atoms with Crippen molar-refractivity contribution in [3.63, 3.8) is 0 Å². The quantitative estimate of drug-likeness (QED) is 0.462. The normalized spacial score (nSPS) is 10.0. The molecule has 1 rings (SSSR count). The lowest BCUT2D eigenvalue weighted by atomic mass is 10.3. The molecule has 0 fully saturated rings. The Morgan fingerprint density at radius 3 is 2.50 bits per heavy atom. The van der Waals surface area contributed by atoms with E-state index in [0.29, 0.717) is 5.75 Å². The molecule has 0 N–H and O–H groups in total. The summed E-state index contributed by atoms with van der Waals surface area (Å²) in [7, 11) is 0. The van der Waals surface area contributed by atoms with E-state index in [0.717, 1.165) is 0 Å². The van der Waals surface area contributed by atoms with E-state index in [1.54, 1.807) is 24.3 Å². The highest BCUT2D eigenvalue weighted by Gasteiger charge is 1.85. The van der Waals surface area contributed by atoms with E-state index in [4.69, 9.17) is 0 Å². The van der Waals surface area contributed by atoms with E-state index in [-0.39, 0.29) is 0 Å². The molecular weight excluding hydrogens is 132 g/mol. The zero-order chi connectivity index (χ0) is 7.23. The molecule has 0 unspecified atom stereocenters. The van der Waals surface area contributed by atoms with Crippen molar-refractivity contribution in [2.24, 2.45) is 10.6 Å². The van der Waals surface area contributed by atoms with E-state index >= 15 is 0 Å². The molecule has 0 amide bonds. The Balaban J connectivity index is 2.59. The van der Waals surface area contributed by atoms with Crippen LogP contribution >= 0.6 is 0 Å². The fraction of sp³-hybridized carbons (Fsp3) is 0. The maximum absolute atomic E-state index is 9.44. The van der Waals surface area contributed by atoms with Gasteiger partial charge in [-0.2, -0.15) is 5.28 Å². The predicted molar refractivity (Wildman–Crippen MR) is 35.3 cm³/mol. The second kappa shape index (κ2) is 3.45. The first kappa shape index (κ1) is 6.54. The van der Waals surface area contributed by atoms with Crippen molar-refractivity contribution in [3.8, 4) is 5.75 Å². The average molecular weight is 137 g/mol. The van der Waals surface area contributed by atoms with Crippen LogP contribution in [-0.2, 0) is 0 Å². The summed E-state index contributed by atoms with van der Waals surface area (Å²) >= 11 is 0. The molecule has 4 heteroatoms. The molecule has 0 radical (unpaired) electrons. The zero-order valence-corrected chi connectivity index (χ0v) is 5.10. The van der Waals surface area contributed by atoms with Crippen LogP contribution in [0.4, 0.5) is 0 Å². The number of hydrogen-bond donors (Lipinski definition) is 0. The van der Waals surface area contributed by atoms with Gasteiger partial charge in [-0.15, -0.1) is 0 Å². The molecule has 1 aromatic rings. The monoisotopic (exact) mass is 137 g/mol. The molecule has 0 spiro atoms. The lowest BCUT2D eigenvalue weighted by Crippen LogP contribution is -1.77. The molecule has 10 heavy (non-hydrogen) atoms. The van der Waals surface area contributed by atoms with Crippen LogP contribution in [0.2, 0.25) is 0 Å². The Labute approximate surface area is 57.7 Å². The molecule has 0 aliphatic carbocycles. The van der Waals surface area contributed by atoms with E-state index in [9.17, 15) is 5.21 Å². The zero-order valence-electron chi connectivity index (χ0n) is 5.10. The summed E-state index contributed by atoms with van der Waals surface area (Å²) in [6.45, 7) is 0. The third-order valence-electron chi connectivity index (χ3n) is 0.923. The topological polar surface area (TPSA) is 57.0 Å². The van der Waals surface area contributed by atoms with Crippen LogP contribution in [0.3, 0.4) is 0 Å².